The van der Waals surface area contributed by atoms with E-state index in [-0.39, 0.29) is 0 Å². The molecule has 1 aliphatic heterocycles. The van der Waals surface area contributed by atoms with E-state index in [9.17, 15) is 0 Å². The zero-order valence-corrected chi connectivity index (χ0v) is 11.8. The third-order valence-corrected chi connectivity index (χ3v) is 4.47. The first-order chi connectivity index (χ1) is 9.40. The van der Waals surface area contributed by atoms with Crippen molar-refractivity contribution in [3.8, 4) is 5.75 Å². The molecule has 0 unspecified atom stereocenters. The summed E-state index contributed by atoms with van der Waals surface area (Å²) in [5.41, 5.74) is 2.95. The summed E-state index contributed by atoms with van der Waals surface area (Å²) in [5, 5.41) is 3.50. The normalized spacial score (nSPS) is 24.6. The van der Waals surface area contributed by atoms with Crippen molar-refractivity contribution in [2.45, 2.75) is 31.7 Å². The number of methoxy groups -OCH3 is 1. The summed E-state index contributed by atoms with van der Waals surface area (Å²) < 4.78 is 5.54. The van der Waals surface area contributed by atoms with Gasteiger partial charge in [-0.25, -0.2) is 0 Å². The molecule has 1 atom stereocenters. The van der Waals surface area contributed by atoms with Crippen LogP contribution in [0.25, 0.3) is 0 Å². The minimum atomic E-state index is 0.596. The quantitative estimate of drug-likeness (QED) is 0.883. The number of benzene rings is 1. The lowest BCUT2D eigenvalue weighted by atomic mass is 9.86. The Hall–Kier alpha value is -1.06. The van der Waals surface area contributed by atoms with E-state index in [1.54, 1.807) is 7.11 Å². The highest BCUT2D eigenvalue weighted by molar-refractivity contribution is 5.43. The molecule has 0 amide bonds. The fourth-order valence-electron chi connectivity index (χ4n) is 3.54. The minimum absolute atomic E-state index is 0.596. The van der Waals surface area contributed by atoms with Crippen molar-refractivity contribution < 1.29 is 4.74 Å². The van der Waals surface area contributed by atoms with Crippen LogP contribution in [0.15, 0.2) is 18.2 Å². The Kier molecular flexibility index (Phi) is 4.04. The van der Waals surface area contributed by atoms with E-state index in [0.717, 1.165) is 18.8 Å². The summed E-state index contributed by atoms with van der Waals surface area (Å²) in [6, 6.07) is 7.15. The first kappa shape index (κ1) is 12.9. The van der Waals surface area contributed by atoms with Gasteiger partial charge >= 0.3 is 0 Å². The van der Waals surface area contributed by atoms with Crippen LogP contribution in [0.5, 0.6) is 5.75 Å². The summed E-state index contributed by atoms with van der Waals surface area (Å²) >= 11 is 0. The summed E-state index contributed by atoms with van der Waals surface area (Å²) in [6.07, 6.45) is 5.00. The zero-order valence-electron chi connectivity index (χ0n) is 11.8. The maximum absolute atomic E-state index is 5.54. The van der Waals surface area contributed by atoms with Crippen molar-refractivity contribution in [2.75, 3.05) is 33.3 Å². The molecule has 0 spiro atoms. The molecule has 0 aromatic heterocycles. The number of fused-ring (bicyclic) bond motifs is 1. The molecule has 1 saturated heterocycles. The second-order valence-electron chi connectivity index (χ2n) is 5.58. The molecule has 1 aromatic rings. The van der Waals surface area contributed by atoms with Crippen molar-refractivity contribution >= 4 is 0 Å². The zero-order chi connectivity index (χ0) is 13.1. The molecule has 0 radical (unpaired) electrons. The van der Waals surface area contributed by atoms with Crippen molar-refractivity contribution in [3.05, 3.63) is 29.3 Å². The third-order valence-electron chi connectivity index (χ3n) is 4.47. The predicted octanol–water partition coefficient (Wildman–Crippen LogP) is 2.37. The maximum atomic E-state index is 5.54. The smallest absolute Gasteiger partial charge is 0.122 e. The molecule has 0 bridgehead atoms. The van der Waals surface area contributed by atoms with Gasteiger partial charge in [0.05, 0.1) is 7.11 Å². The Labute approximate surface area is 115 Å². The van der Waals surface area contributed by atoms with E-state index < -0.39 is 0 Å². The molecule has 2 aliphatic rings. The van der Waals surface area contributed by atoms with Crippen molar-refractivity contribution in [2.24, 2.45) is 0 Å². The van der Waals surface area contributed by atoms with Gasteiger partial charge in [-0.3, -0.25) is 4.90 Å². The molecule has 3 nitrogen and oxygen atoms in total. The highest BCUT2D eigenvalue weighted by atomic mass is 16.5. The summed E-state index contributed by atoms with van der Waals surface area (Å²) in [7, 11) is 1.79. The maximum Gasteiger partial charge on any atom is 0.122 e. The molecule has 0 saturated carbocycles. The Bertz CT molecular complexity index is 425. The number of hydrogen-bond donors (Lipinski definition) is 1. The number of rotatable bonds is 2. The Morgan fingerprint density at radius 2 is 2.16 bits per heavy atom. The molecule has 3 rings (SSSR count). The monoisotopic (exact) mass is 260 g/mol. The van der Waals surface area contributed by atoms with Gasteiger partial charge in [0.15, 0.2) is 0 Å². The van der Waals surface area contributed by atoms with Crippen molar-refractivity contribution in [3.63, 3.8) is 0 Å². The molecule has 104 valence electrons. The fourth-order valence-corrected chi connectivity index (χ4v) is 3.54. The van der Waals surface area contributed by atoms with Gasteiger partial charge in [0.2, 0.25) is 0 Å². The molecule has 1 fully saturated rings. The lowest BCUT2D eigenvalue weighted by Crippen LogP contribution is -2.34. The largest absolute Gasteiger partial charge is 0.496 e. The topological polar surface area (TPSA) is 24.5 Å². The SMILES string of the molecule is COc1cccc2c1CCC[C@H]2N1CCCNCC1. The number of nitrogens with one attached hydrogen (secondary N) is 1. The van der Waals surface area contributed by atoms with E-state index in [0.29, 0.717) is 6.04 Å². The van der Waals surface area contributed by atoms with Gasteiger partial charge in [-0.05, 0) is 49.4 Å². The van der Waals surface area contributed by atoms with E-state index in [2.05, 4.69) is 28.4 Å². The minimum Gasteiger partial charge on any atom is -0.496 e. The average Bonchev–Trinajstić information content (AvgIpc) is 2.75. The number of ether oxygens (including phenoxy) is 1. The molecular weight excluding hydrogens is 236 g/mol. The lowest BCUT2D eigenvalue weighted by Gasteiger charge is -2.35. The Morgan fingerprint density at radius 1 is 1.21 bits per heavy atom. The molecular formula is C16H24N2O. The first-order valence-corrected chi connectivity index (χ1v) is 7.50. The standard InChI is InChI=1S/C16H24N2O/c1-19-16-8-3-5-13-14(16)6-2-7-15(13)18-11-4-9-17-10-12-18/h3,5,8,15,17H,2,4,6-7,9-12H2,1H3/t15-/m1/s1. The molecule has 1 heterocycles. The number of nitrogens with zero attached hydrogens (tertiary/aromatic N) is 1. The van der Waals surface area contributed by atoms with Gasteiger partial charge in [-0.1, -0.05) is 12.1 Å². The molecule has 1 aliphatic carbocycles. The first-order valence-electron chi connectivity index (χ1n) is 7.50. The third kappa shape index (κ3) is 2.63. The highest BCUT2D eigenvalue weighted by Gasteiger charge is 2.27. The Balaban J connectivity index is 1.89. The molecule has 19 heavy (non-hydrogen) atoms. The van der Waals surface area contributed by atoms with Gasteiger partial charge < -0.3 is 10.1 Å². The summed E-state index contributed by atoms with van der Waals surface area (Å²) in [5.74, 6) is 1.08. The second kappa shape index (κ2) is 5.93. The Morgan fingerprint density at radius 3 is 3.05 bits per heavy atom. The van der Waals surface area contributed by atoms with Crippen LogP contribution in [0.4, 0.5) is 0 Å². The predicted molar refractivity (Wildman–Crippen MR) is 77.7 cm³/mol. The van der Waals surface area contributed by atoms with Crippen molar-refractivity contribution in [1.29, 1.82) is 0 Å². The summed E-state index contributed by atoms with van der Waals surface area (Å²) in [4.78, 5) is 2.66. The van der Waals surface area contributed by atoms with Crippen LogP contribution in [0, 0.1) is 0 Å². The van der Waals surface area contributed by atoms with Gasteiger partial charge in [-0.2, -0.15) is 0 Å². The van der Waals surface area contributed by atoms with Gasteiger partial charge in [-0.15, -0.1) is 0 Å². The molecule has 3 heteroatoms. The van der Waals surface area contributed by atoms with Gasteiger partial charge in [0.25, 0.3) is 0 Å². The number of hydrogen-bond acceptors (Lipinski definition) is 3. The van der Waals surface area contributed by atoms with Crippen LogP contribution in [0.1, 0.15) is 36.4 Å². The van der Waals surface area contributed by atoms with E-state index in [1.165, 1.54) is 49.9 Å². The van der Waals surface area contributed by atoms with E-state index in [1.807, 2.05) is 0 Å². The second-order valence-corrected chi connectivity index (χ2v) is 5.58. The van der Waals surface area contributed by atoms with Crippen LogP contribution >= 0.6 is 0 Å². The van der Waals surface area contributed by atoms with Crippen LogP contribution in [-0.2, 0) is 6.42 Å². The van der Waals surface area contributed by atoms with Crippen molar-refractivity contribution in [1.82, 2.24) is 10.2 Å². The fraction of sp³-hybridized carbons (Fsp3) is 0.625. The van der Waals surface area contributed by atoms with Gasteiger partial charge in [0.1, 0.15) is 5.75 Å². The van der Waals surface area contributed by atoms with E-state index >= 15 is 0 Å². The van der Waals surface area contributed by atoms with Crippen LogP contribution in [0.3, 0.4) is 0 Å². The van der Waals surface area contributed by atoms with Crippen LogP contribution in [0.2, 0.25) is 0 Å². The average molecular weight is 260 g/mol. The van der Waals surface area contributed by atoms with E-state index in [4.69, 9.17) is 4.74 Å². The molecule has 1 N–H and O–H groups in total. The highest BCUT2D eigenvalue weighted by Crippen LogP contribution is 2.38. The van der Waals surface area contributed by atoms with Crippen LogP contribution < -0.4 is 10.1 Å². The lowest BCUT2D eigenvalue weighted by molar-refractivity contribution is 0.189. The van der Waals surface area contributed by atoms with Gasteiger partial charge in [0, 0.05) is 25.7 Å². The summed E-state index contributed by atoms with van der Waals surface area (Å²) in [6.45, 7) is 4.67. The molecule has 1 aromatic carbocycles. The van der Waals surface area contributed by atoms with Crippen LogP contribution in [-0.4, -0.2) is 38.2 Å².